The number of amides is 1. The molecule has 0 spiro atoms. The standard InChI is InChI=1S/C12H14BrNO3/c1-3-17-12(16)11(15)14(2)8-9-5-4-6-10(13)7-9/h4-7H,3,8H2,1-2H3. The number of nitrogens with zero attached hydrogens (tertiary/aromatic N) is 1. The van der Waals surface area contributed by atoms with Gasteiger partial charge in [0.15, 0.2) is 0 Å². The van der Waals surface area contributed by atoms with E-state index in [9.17, 15) is 9.59 Å². The van der Waals surface area contributed by atoms with Gasteiger partial charge in [0, 0.05) is 18.1 Å². The highest BCUT2D eigenvalue weighted by Gasteiger charge is 2.19. The molecule has 0 radical (unpaired) electrons. The summed E-state index contributed by atoms with van der Waals surface area (Å²) in [5.74, 6) is -1.45. The van der Waals surface area contributed by atoms with Crippen LogP contribution in [0.1, 0.15) is 12.5 Å². The zero-order valence-corrected chi connectivity index (χ0v) is 11.4. The molecule has 0 unspecified atom stereocenters. The van der Waals surface area contributed by atoms with Crippen molar-refractivity contribution in [1.29, 1.82) is 0 Å². The molecule has 0 fully saturated rings. The molecule has 0 heterocycles. The van der Waals surface area contributed by atoms with Gasteiger partial charge in [0.2, 0.25) is 0 Å². The molecule has 1 aromatic rings. The smallest absolute Gasteiger partial charge is 0.397 e. The summed E-state index contributed by atoms with van der Waals surface area (Å²) in [6, 6.07) is 7.56. The number of rotatable bonds is 3. The molecule has 4 nitrogen and oxygen atoms in total. The lowest BCUT2D eigenvalue weighted by molar-refractivity contribution is -0.159. The third-order valence-corrected chi connectivity index (χ3v) is 2.60. The Kier molecular flexibility index (Phi) is 5.15. The number of benzene rings is 1. The fraction of sp³-hybridized carbons (Fsp3) is 0.333. The topological polar surface area (TPSA) is 46.6 Å². The van der Waals surface area contributed by atoms with Gasteiger partial charge >= 0.3 is 11.9 Å². The Morgan fingerprint density at radius 2 is 2.12 bits per heavy atom. The Balaban J connectivity index is 2.63. The summed E-state index contributed by atoms with van der Waals surface area (Å²) in [5.41, 5.74) is 0.944. The van der Waals surface area contributed by atoms with Crippen LogP contribution >= 0.6 is 15.9 Å². The van der Waals surface area contributed by atoms with E-state index in [0.29, 0.717) is 6.54 Å². The fourth-order valence-electron chi connectivity index (χ4n) is 1.33. The average Bonchev–Trinajstić information content (AvgIpc) is 2.28. The van der Waals surface area contributed by atoms with Crippen LogP contribution in [0, 0.1) is 0 Å². The number of carbonyl (C=O) groups excluding carboxylic acids is 2. The first-order valence-corrected chi connectivity index (χ1v) is 6.00. The normalized spacial score (nSPS) is 9.82. The number of hydrogen-bond donors (Lipinski definition) is 0. The number of halogens is 1. The number of ether oxygens (including phenoxy) is 1. The quantitative estimate of drug-likeness (QED) is 0.633. The number of likely N-dealkylation sites (N-methyl/N-ethyl adjacent to an activating group) is 1. The maximum Gasteiger partial charge on any atom is 0.397 e. The van der Waals surface area contributed by atoms with Gasteiger partial charge in [-0.15, -0.1) is 0 Å². The first kappa shape index (κ1) is 13.7. The molecule has 0 bridgehead atoms. The molecule has 0 aliphatic heterocycles. The highest BCUT2D eigenvalue weighted by Crippen LogP contribution is 2.13. The van der Waals surface area contributed by atoms with Gasteiger partial charge in [-0.1, -0.05) is 28.1 Å². The summed E-state index contributed by atoms with van der Waals surface area (Å²) in [4.78, 5) is 24.1. The summed E-state index contributed by atoms with van der Waals surface area (Å²) in [6.07, 6.45) is 0. The van der Waals surface area contributed by atoms with Gasteiger partial charge in [-0.25, -0.2) is 4.79 Å². The first-order chi connectivity index (χ1) is 8.04. The van der Waals surface area contributed by atoms with Crippen LogP contribution in [0.4, 0.5) is 0 Å². The maximum atomic E-state index is 11.6. The predicted octanol–water partition coefficient (Wildman–Crippen LogP) is 1.97. The summed E-state index contributed by atoms with van der Waals surface area (Å²) < 4.78 is 5.58. The van der Waals surface area contributed by atoms with Crippen LogP contribution in [0.15, 0.2) is 28.7 Å². The summed E-state index contributed by atoms with van der Waals surface area (Å²) in [7, 11) is 1.57. The fourth-order valence-corrected chi connectivity index (χ4v) is 1.78. The van der Waals surface area contributed by atoms with Gasteiger partial charge in [0.25, 0.3) is 0 Å². The van der Waals surface area contributed by atoms with E-state index in [2.05, 4.69) is 20.7 Å². The average molecular weight is 300 g/mol. The van der Waals surface area contributed by atoms with Gasteiger partial charge < -0.3 is 9.64 Å². The molecular formula is C12H14BrNO3. The minimum Gasteiger partial charge on any atom is -0.459 e. The second-order valence-electron chi connectivity index (χ2n) is 3.51. The van der Waals surface area contributed by atoms with Crippen LogP contribution in [0.3, 0.4) is 0 Å². The van der Waals surface area contributed by atoms with Crippen molar-refractivity contribution in [3.05, 3.63) is 34.3 Å². The van der Waals surface area contributed by atoms with E-state index in [1.807, 2.05) is 24.3 Å². The van der Waals surface area contributed by atoms with Crippen molar-refractivity contribution in [2.24, 2.45) is 0 Å². The van der Waals surface area contributed by atoms with E-state index in [-0.39, 0.29) is 6.61 Å². The van der Waals surface area contributed by atoms with Crippen LogP contribution in [-0.4, -0.2) is 30.4 Å². The van der Waals surface area contributed by atoms with Crippen molar-refractivity contribution in [3.63, 3.8) is 0 Å². The molecule has 0 atom stereocenters. The summed E-state index contributed by atoms with van der Waals surface area (Å²) in [6.45, 7) is 2.24. The van der Waals surface area contributed by atoms with Crippen LogP contribution in [-0.2, 0) is 20.9 Å². The van der Waals surface area contributed by atoms with Crippen molar-refractivity contribution in [2.75, 3.05) is 13.7 Å². The molecule has 0 N–H and O–H groups in total. The lowest BCUT2D eigenvalue weighted by Crippen LogP contribution is -2.34. The molecule has 5 heteroatoms. The SMILES string of the molecule is CCOC(=O)C(=O)N(C)Cc1cccc(Br)c1. The van der Waals surface area contributed by atoms with E-state index in [1.54, 1.807) is 14.0 Å². The second kappa shape index (κ2) is 6.39. The van der Waals surface area contributed by atoms with Crippen LogP contribution < -0.4 is 0 Å². The van der Waals surface area contributed by atoms with Gasteiger partial charge in [-0.2, -0.15) is 0 Å². The van der Waals surface area contributed by atoms with Gasteiger partial charge in [-0.05, 0) is 24.6 Å². The molecule has 1 amide bonds. The summed E-state index contributed by atoms with van der Waals surface area (Å²) >= 11 is 3.35. The van der Waals surface area contributed by atoms with Crippen molar-refractivity contribution >= 4 is 27.8 Å². The molecule has 1 aromatic carbocycles. The zero-order chi connectivity index (χ0) is 12.8. The third kappa shape index (κ3) is 4.19. The van der Waals surface area contributed by atoms with Gasteiger partial charge in [0.1, 0.15) is 0 Å². The van der Waals surface area contributed by atoms with E-state index in [0.717, 1.165) is 10.0 Å². The van der Waals surface area contributed by atoms with Crippen LogP contribution in [0.25, 0.3) is 0 Å². The molecule has 17 heavy (non-hydrogen) atoms. The Hall–Kier alpha value is -1.36. The lowest BCUT2D eigenvalue weighted by Gasteiger charge is -2.16. The number of carbonyl (C=O) groups is 2. The van der Waals surface area contributed by atoms with Crippen LogP contribution in [0.5, 0.6) is 0 Å². The minimum atomic E-state index is -0.815. The van der Waals surface area contributed by atoms with Crippen molar-refractivity contribution < 1.29 is 14.3 Å². The van der Waals surface area contributed by atoms with Gasteiger partial charge in [0.05, 0.1) is 6.61 Å². The number of esters is 1. The van der Waals surface area contributed by atoms with Crippen LogP contribution in [0.2, 0.25) is 0 Å². The largest absolute Gasteiger partial charge is 0.459 e. The first-order valence-electron chi connectivity index (χ1n) is 5.21. The van der Waals surface area contributed by atoms with E-state index in [1.165, 1.54) is 4.90 Å². The molecule has 0 aliphatic carbocycles. The molecular weight excluding hydrogens is 286 g/mol. The highest BCUT2D eigenvalue weighted by atomic mass is 79.9. The van der Waals surface area contributed by atoms with E-state index < -0.39 is 11.9 Å². The second-order valence-corrected chi connectivity index (χ2v) is 4.43. The van der Waals surface area contributed by atoms with Crippen molar-refractivity contribution in [3.8, 4) is 0 Å². The van der Waals surface area contributed by atoms with E-state index >= 15 is 0 Å². The molecule has 0 saturated carbocycles. The summed E-state index contributed by atoms with van der Waals surface area (Å²) in [5, 5.41) is 0. The molecule has 1 rings (SSSR count). The third-order valence-electron chi connectivity index (χ3n) is 2.11. The highest BCUT2D eigenvalue weighted by molar-refractivity contribution is 9.10. The number of hydrogen-bond acceptors (Lipinski definition) is 3. The predicted molar refractivity (Wildman–Crippen MR) is 67.2 cm³/mol. The Bertz CT molecular complexity index is 420. The molecule has 0 saturated heterocycles. The Labute approximate surface area is 109 Å². The molecule has 92 valence electrons. The van der Waals surface area contributed by atoms with Gasteiger partial charge in [-0.3, -0.25) is 4.79 Å². The van der Waals surface area contributed by atoms with Crippen molar-refractivity contribution in [1.82, 2.24) is 4.90 Å². The zero-order valence-electron chi connectivity index (χ0n) is 9.77. The Morgan fingerprint density at radius 1 is 1.41 bits per heavy atom. The van der Waals surface area contributed by atoms with E-state index in [4.69, 9.17) is 0 Å². The maximum absolute atomic E-state index is 11.6. The lowest BCUT2D eigenvalue weighted by atomic mass is 10.2. The molecule has 0 aromatic heterocycles. The van der Waals surface area contributed by atoms with Crippen molar-refractivity contribution in [2.45, 2.75) is 13.5 Å². The Morgan fingerprint density at radius 3 is 2.71 bits per heavy atom. The minimum absolute atomic E-state index is 0.204. The monoisotopic (exact) mass is 299 g/mol. The molecule has 0 aliphatic rings.